The number of nitrogens with zero attached hydrogens (tertiary/aromatic N) is 1. The SMILES string of the molecule is CC.O=CN1CC2CC2C1S. The predicted molar refractivity (Wildman–Crippen MR) is 48.5 cm³/mol. The van der Waals surface area contributed by atoms with E-state index in [-0.39, 0.29) is 5.37 Å². The van der Waals surface area contributed by atoms with Gasteiger partial charge >= 0.3 is 0 Å². The van der Waals surface area contributed by atoms with Crippen LogP contribution in [0.4, 0.5) is 0 Å². The molecule has 1 aliphatic carbocycles. The first-order chi connectivity index (χ1) is 5.33. The van der Waals surface area contributed by atoms with Gasteiger partial charge in [-0.15, -0.1) is 0 Å². The van der Waals surface area contributed by atoms with Crippen LogP contribution in [0.15, 0.2) is 0 Å². The van der Waals surface area contributed by atoms with E-state index >= 15 is 0 Å². The zero-order chi connectivity index (χ0) is 8.43. The molecule has 2 rings (SSSR count). The van der Waals surface area contributed by atoms with Crippen LogP contribution >= 0.6 is 12.6 Å². The summed E-state index contributed by atoms with van der Waals surface area (Å²) >= 11 is 4.30. The molecule has 0 N–H and O–H groups in total. The van der Waals surface area contributed by atoms with Gasteiger partial charge in [0.25, 0.3) is 0 Å². The number of hydrogen-bond acceptors (Lipinski definition) is 2. The van der Waals surface area contributed by atoms with Gasteiger partial charge in [-0.25, -0.2) is 0 Å². The molecule has 0 aromatic rings. The fourth-order valence-electron chi connectivity index (χ4n) is 1.58. The minimum atomic E-state index is 0.229. The summed E-state index contributed by atoms with van der Waals surface area (Å²) < 4.78 is 0. The molecule has 64 valence electrons. The number of rotatable bonds is 1. The van der Waals surface area contributed by atoms with Crippen molar-refractivity contribution in [1.29, 1.82) is 0 Å². The molecule has 2 fully saturated rings. The minimum absolute atomic E-state index is 0.229. The Morgan fingerprint density at radius 2 is 2.18 bits per heavy atom. The standard InChI is InChI=1S/C6H9NOS.C2H6/c8-3-7-2-4-1-5(4)6(7)9;1-2/h3-6,9H,1-2H2;1-2H3. The maximum Gasteiger partial charge on any atom is 0.210 e. The predicted octanol–water partition coefficient (Wildman–Crippen LogP) is 1.38. The maximum absolute atomic E-state index is 10.3. The normalized spacial score (nSPS) is 38.8. The molecular formula is C8H15NOS. The van der Waals surface area contributed by atoms with Crippen LogP contribution in [0.5, 0.6) is 0 Å². The van der Waals surface area contributed by atoms with Crippen molar-refractivity contribution < 1.29 is 4.79 Å². The first kappa shape index (κ1) is 8.91. The summed E-state index contributed by atoms with van der Waals surface area (Å²) in [5.41, 5.74) is 0. The lowest BCUT2D eigenvalue weighted by Crippen LogP contribution is -2.27. The summed E-state index contributed by atoms with van der Waals surface area (Å²) in [6.45, 7) is 4.95. The zero-order valence-electron chi connectivity index (χ0n) is 7.03. The second-order valence-electron chi connectivity index (χ2n) is 2.88. The Morgan fingerprint density at radius 3 is 2.45 bits per heavy atom. The van der Waals surface area contributed by atoms with E-state index in [9.17, 15) is 4.79 Å². The highest BCUT2D eigenvalue weighted by Gasteiger charge is 2.50. The highest BCUT2D eigenvalue weighted by molar-refractivity contribution is 7.80. The van der Waals surface area contributed by atoms with Crippen LogP contribution in [0.25, 0.3) is 0 Å². The largest absolute Gasteiger partial charge is 0.333 e. The summed E-state index contributed by atoms with van der Waals surface area (Å²) in [5.74, 6) is 1.51. The van der Waals surface area contributed by atoms with Gasteiger partial charge in [0.1, 0.15) is 0 Å². The average molecular weight is 173 g/mol. The topological polar surface area (TPSA) is 20.3 Å². The van der Waals surface area contributed by atoms with Crippen LogP contribution in [-0.2, 0) is 4.79 Å². The highest BCUT2D eigenvalue weighted by atomic mass is 32.1. The third kappa shape index (κ3) is 1.53. The van der Waals surface area contributed by atoms with E-state index in [1.807, 2.05) is 13.8 Å². The van der Waals surface area contributed by atoms with Crippen LogP contribution in [0, 0.1) is 11.8 Å². The Balaban J connectivity index is 0.000000281. The molecule has 2 nitrogen and oxygen atoms in total. The van der Waals surface area contributed by atoms with Gasteiger partial charge in [-0.05, 0) is 18.3 Å². The van der Waals surface area contributed by atoms with Crippen molar-refractivity contribution in [2.75, 3.05) is 6.54 Å². The van der Waals surface area contributed by atoms with Gasteiger partial charge in [0.2, 0.25) is 6.41 Å². The minimum Gasteiger partial charge on any atom is -0.333 e. The summed E-state index contributed by atoms with van der Waals surface area (Å²) in [6.07, 6.45) is 2.20. The molecule has 3 unspecified atom stereocenters. The van der Waals surface area contributed by atoms with Crippen molar-refractivity contribution in [3.05, 3.63) is 0 Å². The average Bonchev–Trinajstić information content (AvgIpc) is 2.76. The fourth-order valence-corrected chi connectivity index (χ4v) is 2.09. The van der Waals surface area contributed by atoms with Crippen LogP contribution < -0.4 is 0 Å². The van der Waals surface area contributed by atoms with E-state index in [1.54, 1.807) is 4.90 Å². The van der Waals surface area contributed by atoms with Gasteiger partial charge in [0.05, 0.1) is 5.37 Å². The summed E-state index contributed by atoms with van der Waals surface area (Å²) in [6, 6.07) is 0. The number of amides is 1. The lowest BCUT2D eigenvalue weighted by Gasteiger charge is -2.16. The molecule has 1 heterocycles. The van der Waals surface area contributed by atoms with E-state index in [0.717, 1.165) is 24.8 Å². The van der Waals surface area contributed by atoms with Crippen LogP contribution in [-0.4, -0.2) is 23.2 Å². The van der Waals surface area contributed by atoms with Gasteiger partial charge in [-0.2, -0.15) is 12.6 Å². The molecule has 1 amide bonds. The molecule has 11 heavy (non-hydrogen) atoms. The highest BCUT2D eigenvalue weighted by Crippen LogP contribution is 2.49. The van der Waals surface area contributed by atoms with Crippen LogP contribution in [0.1, 0.15) is 20.3 Å². The van der Waals surface area contributed by atoms with E-state index in [0.29, 0.717) is 0 Å². The molecule has 0 aromatic carbocycles. The molecule has 0 bridgehead atoms. The number of thiol groups is 1. The molecule has 1 saturated heterocycles. The first-order valence-corrected chi connectivity index (χ1v) is 4.73. The number of hydrogen-bond donors (Lipinski definition) is 1. The number of carbonyl (C=O) groups excluding carboxylic acids is 1. The molecule has 1 saturated carbocycles. The second-order valence-corrected chi connectivity index (χ2v) is 3.40. The third-order valence-corrected chi connectivity index (χ3v) is 2.96. The van der Waals surface area contributed by atoms with E-state index in [2.05, 4.69) is 12.6 Å². The smallest absolute Gasteiger partial charge is 0.210 e. The van der Waals surface area contributed by atoms with Crippen molar-refractivity contribution in [2.24, 2.45) is 11.8 Å². The molecule has 0 spiro atoms. The zero-order valence-corrected chi connectivity index (χ0v) is 7.92. The second kappa shape index (κ2) is 3.48. The molecule has 1 aliphatic heterocycles. The Morgan fingerprint density at radius 1 is 1.55 bits per heavy atom. The lowest BCUT2D eigenvalue weighted by molar-refractivity contribution is -0.118. The van der Waals surface area contributed by atoms with Gasteiger partial charge in [0, 0.05) is 6.54 Å². The van der Waals surface area contributed by atoms with Crippen molar-refractivity contribution >= 4 is 19.0 Å². The quantitative estimate of drug-likeness (QED) is 0.469. The van der Waals surface area contributed by atoms with Crippen LogP contribution in [0.3, 0.4) is 0 Å². The number of carbonyl (C=O) groups is 1. The molecule has 3 atom stereocenters. The van der Waals surface area contributed by atoms with Gasteiger partial charge in [0.15, 0.2) is 0 Å². The summed E-state index contributed by atoms with van der Waals surface area (Å²) in [5, 5.41) is 0.229. The molecular weight excluding hydrogens is 158 g/mol. The van der Waals surface area contributed by atoms with Crippen molar-refractivity contribution in [2.45, 2.75) is 25.6 Å². The van der Waals surface area contributed by atoms with E-state index < -0.39 is 0 Å². The monoisotopic (exact) mass is 173 g/mol. The Kier molecular flexibility index (Phi) is 2.82. The Labute approximate surface area is 73.4 Å². The van der Waals surface area contributed by atoms with E-state index in [1.165, 1.54) is 6.42 Å². The van der Waals surface area contributed by atoms with E-state index in [4.69, 9.17) is 0 Å². The Hall–Kier alpha value is -0.180. The van der Waals surface area contributed by atoms with Crippen LogP contribution in [0.2, 0.25) is 0 Å². The molecule has 2 aliphatic rings. The number of piperidine rings is 1. The third-order valence-electron chi connectivity index (χ3n) is 2.28. The number of likely N-dealkylation sites (tertiary alicyclic amines) is 1. The van der Waals surface area contributed by atoms with Gasteiger partial charge < -0.3 is 4.90 Å². The van der Waals surface area contributed by atoms with Gasteiger partial charge in [-0.3, -0.25) is 4.79 Å². The van der Waals surface area contributed by atoms with Gasteiger partial charge in [-0.1, -0.05) is 13.8 Å². The lowest BCUT2D eigenvalue weighted by atomic mass is 10.4. The Bertz CT molecular complexity index is 151. The van der Waals surface area contributed by atoms with Crippen molar-refractivity contribution in [3.8, 4) is 0 Å². The molecule has 0 aromatic heterocycles. The maximum atomic E-state index is 10.3. The van der Waals surface area contributed by atoms with Crippen molar-refractivity contribution in [3.63, 3.8) is 0 Å². The molecule has 3 heteroatoms. The first-order valence-electron chi connectivity index (χ1n) is 4.22. The fraction of sp³-hybridized carbons (Fsp3) is 0.875. The van der Waals surface area contributed by atoms with Crippen molar-refractivity contribution in [1.82, 2.24) is 4.90 Å². The summed E-state index contributed by atoms with van der Waals surface area (Å²) in [7, 11) is 0. The summed E-state index contributed by atoms with van der Waals surface area (Å²) in [4.78, 5) is 12.0. The molecule has 0 radical (unpaired) electrons. The number of fused-ring (bicyclic) bond motifs is 1.